The van der Waals surface area contributed by atoms with E-state index in [-0.39, 0.29) is 12.2 Å². The zero-order valence-electron chi connectivity index (χ0n) is 19.7. The monoisotopic (exact) mass is 428 g/mol. The van der Waals surface area contributed by atoms with Crippen molar-refractivity contribution in [3.63, 3.8) is 0 Å². The van der Waals surface area contributed by atoms with Crippen molar-refractivity contribution in [2.75, 3.05) is 13.1 Å². The van der Waals surface area contributed by atoms with Crippen molar-refractivity contribution < 1.29 is 23.6 Å². The molecule has 2 saturated heterocycles. The van der Waals surface area contributed by atoms with Gasteiger partial charge in [0, 0.05) is 25.9 Å². The number of amides is 1. The largest absolute Gasteiger partial charge is 0.495 e. The summed E-state index contributed by atoms with van der Waals surface area (Å²) >= 11 is 0. The van der Waals surface area contributed by atoms with E-state index in [1.807, 2.05) is 54.5 Å². The molecule has 168 valence electrons. The number of carbonyl (C=O) groups excluding carboxylic acids is 1. The van der Waals surface area contributed by atoms with E-state index in [0.29, 0.717) is 37.2 Å². The Kier molecular flexibility index (Phi) is 6.32. The van der Waals surface area contributed by atoms with Crippen LogP contribution in [0.3, 0.4) is 0 Å². The Labute approximate surface area is 185 Å². The Morgan fingerprint density at radius 2 is 1.71 bits per heavy atom. The van der Waals surface area contributed by atoms with Gasteiger partial charge in [-0.2, -0.15) is 5.26 Å². The summed E-state index contributed by atoms with van der Waals surface area (Å²) in [5, 5.41) is 9.48. The van der Waals surface area contributed by atoms with Crippen LogP contribution in [0.1, 0.15) is 66.9 Å². The second-order valence-corrected chi connectivity index (χ2v) is 10.3. The van der Waals surface area contributed by atoms with Gasteiger partial charge in [0.15, 0.2) is 0 Å². The lowest BCUT2D eigenvalue weighted by Crippen LogP contribution is -2.44. The number of nitriles is 1. The van der Waals surface area contributed by atoms with E-state index in [1.54, 1.807) is 17.0 Å². The fourth-order valence-electron chi connectivity index (χ4n) is 3.55. The number of rotatable bonds is 3. The van der Waals surface area contributed by atoms with Crippen LogP contribution in [0.4, 0.5) is 4.79 Å². The minimum absolute atomic E-state index is 0.0428. The smallest absolute Gasteiger partial charge is 0.490 e. The molecule has 0 aliphatic carbocycles. The fourth-order valence-corrected chi connectivity index (χ4v) is 3.55. The van der Waals surface area contributed by atoms with E-state index >= 15 is 0 Å². The highest BCUT2D eigenvalue weighted by Crippen LogP contribution is 2.36. The van der Waals surface area contributed by atoms with Crippen LogP contribution >= 0.6 is 0 Å². The lowest BCUT2D eigenvalue weighted by atomic mass is 9.78. The van der Waals surface area contributed by atoms with Crippen LogP contribution in [0.25, 0.3) is 0 Å². The van der Waals surface area contributed by atoms with Crippen molar-refractivity contribution in [1.29, 1.82) is 5.26 Å². The Morgan fingerprint density at radius 3 is 2.23 bits per heavy atom. The predicted molar refractivity (Wildman–Crippen MR) is 118 cm³/mol. The number of carbonyl (C=O) groups is 1. The van der Waals surface area contributed by atoms with Crippen molar-refractivity contribution in [3.05, 3.63) is 23.8 Å². The molecule has 1 aromatic carbocycles. The molecule has 2 heterocycles. The molecule has 0 radical (unpaired) electrons. The van der Waals surface area contributed by atoms with Crippen LogP contribution in [-0.4, -0.2) is 54.1 Å². The molecule has 2 fully saturated rings. The van der Waals surface area contributed by atoms with E-state index in [9.17, 15) is 10.1 Å². The molecule has 7 nitrogen and oxygen atoms in total. The summed E-state index contributed by atoms with van der Waals surface area (Å²) in [7, 11) is -0.560. The molecule has 2 aliphatic heterocycles. The minimum Gasteiger partial charge on any atom is -0.490 e. The summed E-state index contributed by atoms with van der Waals surface area (Å²) in [5.41, 5.74) is -0.176. The molecule has 0 N–H and O–H groups in total. The maximum Gasteiger partial charge on any atom is 0.495 e. The third-order valence-corrected chi connectivity index (χ3v) is 5.98. The standard InChI is InChI=1S/C23H33BN2O5/c1-21(2,3)29-20(27)26-10-8-18(9-11-26)28-19-13-16(15-25)12-17(14-19)24-30-22(4,5)23(6,7)31-24/h12-14,18H,8-11H2,1-7H3. The van der Waals surface area contributed by atoms with Crippen LogP contribution in [0, 0.1) is 11.3 Å². The van der Waals surface area contributed by atoms with Crippen molar-refractivity contribution in [3.8, 4) is 11.8 Å². The summed E-state index contributed by atoms with van der Waals surface area (Å²) in [6, 6.07) is 7.58. The molecule has 3 rings (SSSR count). The van der Waals surface area contributed by atoms with E-state index in [2.05, 4.69) is 6.07 Å². The van der Waals surface area contributed by atoms with E-state index in [1.165, 1.54) is 0 Å². The van der Waals surface area contributed by atoms with Crippen molar-refractivity contribution in [2.45, 2.75) is 84.2 Å². The number of likely N-dealkylation sites (tertiary alicyclic amines) is 1. The first-order valence-corrected chi connectivity index (χ1v) is 10.8. The quantitative estimate of drug-likeness (QED) is 0.684. The van der Waals surface area contributed by atoms with Crippen molar-refractivity contribution >= 4 is 18.7 Å². The summed E-state index contributed by atoms with van der Waals surface area (Å²) in [6.45, 7) is 14.7. The van der Waals surface area contributed by atoms with Gasteiger partial charge in [-0.3, -0.25) is 0 Å². The zero-order chi connectivity index (χ0) is 23.0. The Bertz CT molecular complexity index is 848. The highest BCUT2D eigenvalue weighted by Gasteiger charge is 2.51. The molecule has 2 aliphatic rings. The first kappa shape index (κ1) is 23.4. The summed E-state index contributed by atoms with van der Waals surface area (Å²) in [6.07, 6.45) is 1.06. The average Bonchev–Trinajstić information content (AvgIpc) is 2.88. The summed E-state index contributed by atoms with van der Waals surface area (Å²) < 4.78 is 23.9. The number of piperidine rings is 1. The lowest BCUT2D eigenvalue weighted by Gasteiger charge is -2.33. The van der Waals surface area contributed by atoms with Crippen molar-refractivity contribution in [2.24, 2.45) is 0 Å². The second kappa shape index (κ2) is 8.36. The molecular weight excluding hydrogens is 395 g/mol. The number of ether oxygens (including phenoxy) is 2. The maximum atomic E-state index is 12.3. The molecule has 0 atom stereocenters. The average molecular weight is 428 g/mol. The predicted octanol–water partition coefficient (Wildman–Crippen LogP) is 3.64. The van der Waals surface area contributed by atoms with Gasteiger partial charge in [-0.1, -0.05) is 0 Å². The SMILES string of the molecule is CC(C)(C)OC(=O)N1CCC(Oc2cc(C#N)cc(B3OC(C)(C)C(C)(C)O3)c2)CC1. The van der Waals surface area contributed by atoms with Gasteiger partial charge >= 0.3 is 13.2 Å². The topological polar surface area (TPSA) is 81.0 Å². The van der Waals surface area contributed by atoms with Gasteiger partial charge in [-0.25, -0.2) is 4.79 Å². The highest BCUT2D eigenvalue weighted by atomic mass is 16.7. The van der Waals surface area contributed by atoms with Gasteiger partial charge in [-0.05, 0) is 72.1 Å². The Balaban J connectivity index is 1.66. The van der Waals surface area contributed by atoms with Crippen LogP contribution in [0.2, 0.25) is 0 Å². The first-order chi connectivity index (χ1) is 14.3. The van der Waals surface area contributed by atoms with E-state index < -0.39 is 23.9 Å². The van der Waals surface area contributed by atoms with Gasteiger partial charge in [0.2, 0.25) is 0 Å². The molecule has 31 heavy (non-hydrogen) atoms. The summed E-state index contributed by atoms with van der Waals surface area (Å²) in [4.78, 5) is 14.0. The number of nitrogens with zero attached hydrogens (tertiary/aromatic N) is 2. The summed E-state index contributed by atoms with van der Waals surface area (Å²) in [5.74, 6) is 0.611. The first-order valence-electron chi connectivity index (χ1n) is 10.8. The second-order valence-electron chi connectivity index (χ2n) is 10.3. The van der Waals surface area contributed by atoms with Crippen LogP contribution in [0.5, 0.6) is 5.75 Å². The molecule has 0 spiro atoms. The van der Waals surface area contributed by atoms with E-state index in [4.69, 9.17) is 18.8 Å². The van der Waals surface area contributed by atoms with Gasteiger partial charge in [0.1, 0.15) is 17.5 Å². The highest BCUT2D eigenvalue weighted by molar-refractivity contribution is 6.62. The molecular formula is C23H33BN2O5. The van der Waals surface area contributed by atoms with Crippen LogP contribution < -0.4 is 10.2 Å². The third kappa shape index (κ3) is 5.52. The Hall–Kier alpha value is -2.24. The number of hydrogen-bond donors (Lipinski definition) is 0. The molecule has 0 unspecified atom stereocenters. The molecule has 1 amide bonds. The molecule has 0 saturated carbocycles. The fraction of sp³-hybridized carbons (Fsp3) is 0.652. The van der Waals surface area contributed by atoms with Crippen molar-refractivity contribution in [1.82, 2.24) is 4.90 Å². The lowest BCUT2D eigenvalue weighted by molar-refractivity contribution is 0.00578. The van der Waals surface area contributed by atoms with Crippen LogP contribution in [-0.2, 0) is 14.0 Å². The van der Waals surface area contributed by atoms with Crippen LogP contribution in [0.15, 0.2) is 18.2 Å². The van der Waals surface area contributed by atoms with Gasteiger partial charge in [0.25, 0.3) is 0 Å². The van der Waals surface area contributed by atoms with Gasteiger partial charge in [-0.15, -0.1) is 0 Å². The Morgan fingerprint density at radius 1 is 1.13 bits per heavy atom. The molecule has 0 aromatic heterocycles. The number of hydrogen-bond acceptors (Lipinski definition) is 6. The van der Waals surface area contributed by atoms with Gasteiger partial charge < -0.3 is 23.7 Å². The third-order valence-electron chi connectivity index (χ3n) is 5.98. The van der Waals surface area contributed by atoms with E-state index in [0.717, 1.165) is 5.46 Å². The maximum absolute atomic E-state index is 12.3. The molecule has 0 bridgehead atoms. The number of benzene rings is 1. The normalized spacial score (nSPS) is 21.0. The molecule has 8 heteroatoms. The van der Waals surface area contributed by atoms with Gasteiger partial charge in [0.05, 0.1) is 22.8 Å². The zero-order valence-corrected chi connectivity index (χ0v) is 19.7. The molecule has 1 aromatic rings. The minimum atomic E-state index is -0.560.